The maximum absolute atomic E-state index is 12.4. The van der Waals surface area contributed by atoms with Gasteiger partial charge in [0, 0.05) is 12.2 Å². The van der Waals surface area contributed by atoms with Crippen LogP contribution in [0.5, 0.6) is 5.75 Å². The van der Waals surface area contributed by atoms with Crippen molar-refractivity contribution in [1.29, 1.82) is 0 Å². The average Bonchev–Trinajstić information content (AvgIpc) is 3.31. The molecule has 7 heteroatoms. The number of carbonyl (C=O) groups excluding carboxylic acids is 2. The van der Waals surface area contributed by atoms with Crippen molar-refractivity contribution in [3.63, 3.8) is 0 Å². The fraction of sp³-hybridized carbons (Fsp3) is 0.452. The molecule has 0 atom stereocenters. The number of rotatable bonds is 9. The number of allylic oxidation sites excluding steroid dienone is 5. The fourth-order valence-corrected chi connectivity index (χ4v) is 4.42. The SMILES string of the molecule is C=C/C=C\C(C)=C/C.CC.CCc1c(C(=O)C=O)c2c(OCC(=O)O)cc3c(c2n1CC)CCCC3.CN. The number of aromatic nitrogens is 1. The normalized spacial score (nSPS) is 12.2. The first-order chi connectivity index (χ1) is 18.3. The molecule has 38 heavy (non-hydrogen) atoms. The summed E-state index contributed by atoms with van der Waals surface area (Å²) in [5.74, 6) is -1.28. The van der Waals surface area contributed by atoms with Crippen molar-refractivity contribution in [2.75, 3.05) is 13.7 Å². The highest BCUT2D eigenvalue weighted by Crippen LogP contribution is 2.41. The average molecular weight is 527 g/mol. The van der Waals surface area contributed by atoms with Gasteiger partial charge in [0.15, 0.2) is 12.9 Å². The quantitative estimate of drug-likeness (QED) is 0.173. The molecule has 0 saturated carbocycles. The second-order valence-electron chi connectivity index (χ2n) is 8.15. The zero-order valence-corrected chi connectivity index (χ0v) is 24.2. The second kappa shape index (κ2) is 18.7. The molecule has 1 aliphatic carbocycles. The minimum absolute atomic E-state index is 0.328. The van der Waals surface area contributed by atoms with Crippen LogP contribution in [0.3, 0.4) is 0 Å². The molecule has 0 spiro atoms. The van der Waals surface area contributed by atoms with Gasteiger partial charge in [0.1, 0.15) is 5.75 Å². The Morgan fingerprint density at radius 3 is 2.32 bits per heavy atom. The lowest BCUT2D eigenvalue weighted by Gasteiger charge is -2.20. The molecule has 0 amide bonds. The number of carboxylic acids is 1. The Labute approximate surface area is 228 Å². The van der Waals surface area contributed by atoms with E-state index < -0.39 is 18.4 Å². The number of aliphatic carboxylic acids is 1. The molecule has 1 aromatic carbocycles. The minimum atomic E-state index is -1.08. The van der Waals surface area contributed by atoms with E-state index in [9.17, 15) is 14.4 Å². The lowest BCUT2D eigenvalue weighted by Crippen LogP contribution is -2.12. The number of benzene rings is 1. The van der Waals surface area contributed by atoms with Gasteiger partial charge in [-0.2, -0.15) is 0 Å². The predicted molar refractivity (Wildman–Crippen MR) is 157 cm³/mol. The Bertz CT molecular complexity index is 1140. The van der Waals surface area contributed by atoms with Crippen molar-refractivity contribution in [2.45, 2.75) is 80.2 Å². The molecule has 0 bridgehead atoms. The zero-order valence-electron chi connectivity index (χ0n) is 24.2. The number of ketones is 1. The molecule has 3 N–H and O–H groups in total. The first-order valence-corrected chi connectivity index (χ1v) is 13.4. The van der Waals surface area contributed by atoms with E-state index in [1.54, 1.807) is 6.08 Å². The van der Waals surface area contributed by atoms with E-state index in [0.717, 1.165) is 42.5 Å². The van der Waals surface area contributed by atoms with E-state index in [2.05, 4.69) is 29.9 Å². The van der Waals surface area contributed by atoms with Crippen LogP contribution in [0.15, 0.2) is 42.5 Å². The molecule has 1 aromatic heterocycles. The van der Waals surface area contributed by atoms with E-state index in [0.29, 0.717) is 36.0 Å². The molecule has 1 heterocycles. The zero-order chi connectivity index (χ0) is 29.3. The largest absolute Gasteiger partial charge is 0.481 e. The lowest BCUT2D eigenvalue weighted by atomic mass is 9.88. The van der Waals surface area contributed by atoms with E-state index >= 15 is 0 Å². The standard InChI is InChI=1S/C20H23NO5.C8H12.C2H6.CH5N/c1-3-14-18(15(23)10-22)19-16(26-11-17(24)25)9-12-7-5-6-8-13(12)20(19)21(14)4-2;1-4-6-7-8(3)5-2;2*1-2/h9-10H,3-8,11H2,1-2H3,(H,24,25);4-7H,1H2,2-3H3;1-2H3;2H2,1H3/b;7-6-,8-5-;;. The van der Waals surface area contributed by atoms with Crippen molar-refractivity contribution in [3.8, 4) is 5.75 Å². The third-order valence-electron chi connectivity index (χ3n) is 6.03. The number of hydrogen-bond acceptors (Lipinski definition) is 5. The van der Waals surface area contributed by atoms with Crippen LogP contribution in [-0.2, 0) is 35.4 Å². The summed E-state index contributed by atoms with van der Waals surface area (Å²) < 4.78 is 7.65. The van der Waals surface area contributed by atoms with Gasteiger partial charge in [-0.25, -0.2) is 4.79 Å². The second-order valence-corrected chi connectivity index (χ2v) is 8.15. The molecule has 0 aliphatic heterocycles. The van der Waals surface area contributed by atoms with Crippen molar-refractivity contribution in [1.82, 2.24) is 4.57 Å². The summed E-state index contributed by atoms with van der Waals surface area (Å²) in [6, 6.07) is 1.86. The van der Waals surface area contributed by atoms with Gasteiger partial charge in [-0.05, 0) is 77.1 Å². The maximum atomic E-state index is 12.4. The smallest absolute Gasteiger partial charge is 0.341 e. The fourth-order valence-electron chi connectivity index (χ4n) is 4.42. The number of carboxylic acid groups (broad SMARTS) is 1. The Morgan fingerprint density at radius 1 is 1.18 bits per heavy atom. The summed E-state index contributed by atoms with van der Waals surface area (Å²) in [5, 5.41) is 9.59. The van der Waals surface area contributed by atoms with Crippen molar-refractivity contribution in [3.05, 3.63) is 64.9 Å². The van der Waals surface area contributed by atoms with E-state index in [4.69, 9.17) is 9.84 Å². The first kappa shape index (κ1) is 34.6. The number of carbonyl (C=O) groups is 3. The van der Waals surface area contributed by atoms with Gasteiger partial charge in [-0.15, -0.1) is 0 Å². The number of hydrogen-bond donors (Lipinski definition) is 2. The van der Waals surface area contributed by atoms with Crippen LogP contribution in [0.2, 0.25) is 0 Å². The third kappa shape index (κ3) is 8.84. The van der Waals surface area contributed by atoms with Crippen LogP contribution >= 0.6 is 0 Å². The molecule has 1 aliphatic rings. The van der Waals surface area contributed by atoms with Gasteiger partial charge in [-0.1, -0.05) is 57.2 Å². The number of ether oxygens (including phenoxy) is 1. The van der Waals surface area contributed by atoms with Gasteiger partial charge in [0.2, 0.25) is 5.78 Å². The molecule has 210 valence electrons. The first-order valence-electron chi connectivity index (χ1n) is 13.4. The molecule has 7 nitrogen and oxygen atoms in total. The number of fused-ring (bicyclic) bond motifs is 3. The third-order valence-corrected chi connectivity index (χ3v) is 6.03. The molecule has 2 aromatic rings. The molecule has 0 radical (unpaired) electrons. The summed E-state index contributed by atoms with van der Waals surface area (Å²) in [6.45, 7) is 15.8. The summed E-state index contributed by atoms with van der Waals surface area (Å²) >= 11 is 0. The van der Waals surface area contributed by atoms with Crippen LogP contribution < -0.4 is 10.5 Å². The Hall–Kier alpha value is -3.45. The van der Waals surface area contributed by atoms with Crippen LogP contribution in [0, 0.1) is 0 Å². The lowest BCUT2D eigenvalue weighted by molar-refractivity contribution is -0.139. The van der Waals surface area contributed by atoms with E-state index in [-0.39, 0.29) is 0 Å². The number of nitrogens with two attached hydrogens (primary N) is 1. The Morgan fingerprint density at radius 2 is 1.82 bits per heavy atom. The summed E-state index contributed by atoms with van der Waals surface area (Å²) in [7, 11) is 1.50. The summed E-state index contributed by atoms with van der Waals surface area (Å²) in [4.78, 5) is 34.7. The Balaban J connectivity index is 0.000000970. The highest BCUT2D eigenvalue weighted by Gasteiger charge is 2.28. The minimum Gasteiger partial charge on any atom is -0.481 e. The molecule has 3 rings (SSSR count). The van der Waals surface area contributed by atoms with Gasteiger partial charge in [0.05, 0.1) is 16.5 Å². The van der Waals surface area contributed by atoms with Crippen molar-refractivity contribution in [2.24, 2.45) is 5.73 Å². The summed E-state index contributed by atoms with van der Waals surface area (Å²) in [5.41, 5.74) is 10.2. The van der Waals surface area contributed by atoms with Gasteiger partial charge < -0.3 is 20.1 Å². The highest BCUT2D eigenvalue weighted by atomic mass is 16.5. The predicted octanol–water partition coefficient (Wildman–Crippen LogP) is 6.24. The number of aldehydes is 1. The van der Waals surface area contributed by atoms with Crippen LogP contribution in [0.4, 0.5) is 0 Å². The number of Topliss-reactive ketones (excluding diaryl/α,β-unsaturated/α-hetero) is 1. The molecule has 0 unspecified atom stereocenters. The van der Waals surface area contributed by atoms with Crippen LogP contribution in [-0.4, -0.2) is 41.4 Å². The van der Waals surface area contributed by atoms with Gasteiger partial charge in [0.25, 0.3) is 0 Å². The highest BCUT2D eigenvalue weighted by molar-refractivity contribution is 6.37. The molecular formula is C31H46N2O5. The van der Waals surface area contributed by atoms with E-state index in [1.807, 2.05) is 52.8 Å². The molecule has 0 saturated heterocycles. The van der Waals surface area contributed by atoms with E-state index in [1.165, 1.54) is 18.2 Å². The number of nitrogens with zero attached hydrogens (tertiary/aromatic N) is 1. The van der Waals surface area contributed by atoms with Crippen molar-refractivity contribution < 1.29 is 24.2 Å². The Kier molecular flexibility index (Phi) is 17.0. The van der Waals surface area contributed by atoms with Gasteiger partial charge >= 0.3 is 5.97 Å². The van der Waals surface area contributed by atoms with Crippen molar-refractivity contribution >= 4 is 28.9 Å². The molecular weight excluding hydrogens is 480 g/mol. The number of aryl methyl sites for hydroxylation is 3. The molecule has 0 fully saturated rings. The van der Waals surface area contributed by atoms with Crippen LogP contribution in [0.1, 0.15) is 81.6 Å². The maximum Gasteiger partial charge on any atom is 0.341 e. The van der Waals surface area contributed by atoms with Gasteiger partial charge in [-0.3, -0.25) is 9.59 Å². The summed E-state index contributed by atoms with van der Waals surface area (Å²) in [6.07, 6.45) is 12.7. The topological polar surface area (TPSA) is 112 Å². The monoisotopic (exact) mass is 526 g/mol. The van der Waals surface area contributed by atoms with Crippen LogP contribution in [0.25, 0.3) is 10.9 Å².